The number of hydrogen-bond acceptors (Lipinski definition) is 5. The van der Waals surface area contributed by atoms with E-state index in [0.29, 0.717) is 35.2 Å². The van der Waals surface area contributed by atoms with E-state index in [1.54, 1.807) is 29.3 Å². The van der Waals surface area contributed by atoms with Gasteiger partial charge in [0.15, 0.2) is 5.82 Å². The van der Waals surface area contributed by atoms with E-state index >= 15 is 0 Å². The molecule has 2 aromatic rings. The lowest BCUT2D eigenvalue weighted by atomic mass is 10.1. The number of para-hydroxylation sites is 1. The number of fused-ring (bicyclic) bond motifs is 2. The molecule has 3 heterocycles. The largest absolute Gasteiger partial charge is 0.319 e. The van der Waals surface area contributed by atoms with Gasteiger partial charge in [0.25, 0.3) is 5.91 Å². The van der Waals surface area contributed by atoms with Crippen molar-refractivity contribution in [3.63, 3.8) is 0 Å². The first-order chi connectivity index (χ1) is 15.5. The summed E-state index contributed by atoms with van der Waals surface area (Å²) in [6, 6.07) is 11.4. The molecule has 7 heteroatoms. The third-order valence-corrected chi connectivity index (χ3v) is 6.39. The topological polar surface area (TPSA) is 68.8 Å². The van der Waals surface area contributed by atoms with E-state index < -0.39 is 0 Å². The van der Waals surface area contributed by atoms with Crippen molar-refractivity contribution in [3.8, 4) is 0 Å². The van der Waals surface area contributed by atoms with Crippen LogP contribution in [0.3, 0.4) is 0 Å². The Kier molecular flexibility index (Phi) is 7.17. The zero-order valence-electron chi connectivity index (χ0n) is 19.1. The van der Waals surface area contributed by atoms with Crippen LogP contribution in [0.25, 0.3) is 0 Å². The Morgan fingerprint density at radius 2 is 1.81 bits per heavy atom. The third-order valence-electron chi connectivity index (χ3n) is 6.39. The summed E-state index contributed by atoms with van der Waals surface area (Å²) in [7, 11) is 0. The van der Waals surface area contributed by atoms with E-state index in [4.69, 9.17) is 0 Å². The molecular formula is C25H33N5O2. The van der Waals surface area contributed by atoms with E-state index in [1.807, 2.05) is 18.2 Å². The summed E-state index contributed by atoms with van der Waals surface area (Å²) in [5.41, 5.74) is 1.64. The molecule has 2 aliphatic rings. The molecule has 0 aliphatic carbocycles. The summed E-state index contributed by atoms with van der Waals surface area (Å²) < 4.78 is 0. The number of unbranched alkanes of at least 4 members (excludes halogenated alkanes) is 2. The highest BCUT2D eigenvalue weighted by Crippen LogP contribution is 2.36. The van der Waals surface area contributed by atoms with Crippen LogP contribution in [-0.2, 0) is 4.79 Å². The van der Waals surface area contributed by atoms with Gasteiger partial charge >= 0.3 is 0 Å². The molecular weight excluding hydrogens is 402 g/mol. The molecule has 1 aromatic carbocycles. The monoisotopic (exact) mass is 435 g/mol. The minimum absolute atomic E-state index is 0.0283. The number of carbonyl (C=O) groups excluding carboxylic acids is 2. The Morgan fingerprint density at radius 1 is 1.03 bits per heavy atom. The highest BCUT2D eigenvalue weighted by molar-refractivity contribution is 6.17. The summed E-state index contributed by atoms with van der Waals surface area (Å²) in [6.07, 6.45) is 5.02. The second-order valence-corrected chi connectivity index (χ2v) is 8.86. The zero-order chi connectivity index (χ0) is 22.5. The number of amides is 2. The number of aromatic nitrogens is 1. The molecule has 0 unspecified atom stereocenters. The second-order valence-electron chi connectivity index (χ2n) is 8.86. The average molecular weight is 436 g/mol. The van der Waals surface area contributed by atoms with Crippen molar-refractivity contribution >= 4 is 29.0 Å². The lowest BCUT2D eigenvalue weighted by Gasteiger charge is -2.36. The fraction of sp³-hybridized carbons (Fsp3) is 0.480. The Bertz CT molecular complexity index is 953. The molecule has 0 saturated carbocycles. The van der Waals surface area contributed by atoms with Crippen LogP contribution in [0.5, 0.6) is 0 Å². The lowest BCUT2D eigenvalue weighted by Crippen LogP contribution is -2.48. The maximum Gasteiger partial charge on any atom is 0.257 e. The number of carbonyl (C=O) groups is 2. The van der Waals surface area contributed by atoms with Gasteiger partial charge in [-0.3, -0.25) is 19.4 Å². The average Bonchev–Trinajstić information content (AvgIpc) is 2.93. The molecule has 32 heavy (non-hydrogen) atoms. The summed E-state index contributed by atoms with van der Waals surface area (Å²) in [6.45, 7) is 10.2. The molecule has 2 amide bonds. The summed E-state index contributed by atoms with van der Waals surface area (Å²) in [5, 5.41) is 2.88. The predicted molar refractivity (Wildman–Crippen MR) is 127 cm³/mol. The van der Waals surface area contributed by atoms with E-state index in [-0.39, 0.29) is 11.8 Å². The van der Waals surface area contributed by atoms with Gasteiger partial charge in [-0.15, -0.1) is 0 Å². The van der Waals surface area contributed by atoms with E-state index in [2.05, 4.69) is 33.9 Å². The van der Waals surface area contributed by atoms with E-state index in [0.717, 1.165) is 52.0 Å². The van der Waals surface area contributed by atoms with Crippen LogP contribution in [0.1, 0.15) is 49.9 Å². The van der Waals surface area contributed by atoms with Crippen LogP contribution >= 0.6 is 0 Å². The van der Waals surface area contributed by atoms with Crippen molar-refractivity contribution in [2.45, 2.75) is 45.6 Å². The quantitative estimate of drug-likeness (QED) is 0.668. The molecule has 1 N–H and O–H groups in total. The van der Waals surface area contributed by atoms with Gasteiger partial charge in [0.2, 0.25) is 5.91 Å². The first-order valence-corrected chi connectivity index (χ1v) is 11.7. The molecule has 4 rings (SSSR count). The molecule has 0 bridgehead atoms. The number of piperazine rings is 1. The molecule has 1 saturated heterocycles. The van der Waals surface area contributed by atoms with Crippen LogP contribution in [0.4, 0.5) is 17.2 Å². The van der Waals surface area contributed by atoms with Gasteiger partial charge < -0.3 is 10.2 Å². The van der Waals surface area contributed by atoms with E-state index in [1.165, 1.54) is 0 Å². The summed E-state index contributed by atoms with van der Waals surface area (Å²) in [4.78, 5) is 37.0. The zero-order valence-corrected chi connectivity index (χ0v) is 19.1. The molecule has 2 aliphatic heterocycles. The molecule has 1 fully saturated rings. The fourth-order valence-electron chi connectivity index (χ4n) is 4.49. The van der Waals surface area contributed by atoms with Gasteiger partial charge in [0.05, 0.1) is 16.9 Å². The Hall–Kier alpha value is -2.77. The standard InChI is InChI=1S/C25H33N5O2/c1-19(2)29-17-15-28(16-18-29)14-7-3-4-12-23(31)30-22-11-6-5-9-20(22)25(32)27-21-10-8-13-26-24(21)30/h5-6,8-11,13,19H,3-4,7,12,14-18H2,1-2H3,(H,27,32). The number of nitrogens with one attached hydrogen (secondary N) is 1. The number of benzene rings is 1. The van der Waals surface area contributed by atoms with Gasteiger partial charge in [0, 0.05) is 44.8 Å². The summed E-state index contributed by atoms with van der Waals surface area (Å²) >= 11 is 0. The normalized spacial score (nSPS) is 17.0. The maximum absolute atomic E-state index is 13.3. The molecule has 1 aromatic heterocycles. The Morgan fingerprint density at radius 3 is 2.59 bits per heavy atom. The first kappa shape index (κ1) is 22.4. The Balaban J connectivity index is 1.34. The minimum Gasteiger partial charge on any atom is -0.319 e. The maximum atomic E-state index is 13.3. The van der Waals surface area contributed by atoms with Gasteiger partial charge in [0.1, 0.15) is 0 Å². The van der Waals surface area contributed by atoms with Gasteiger partial charge in [-0.05, 0) is 57.5 Å². The van der Waals surface area contributed by atoms with Crippen molar-refractivity contribution in [3.05, 3.63) is 48.2 Å². The first-order valence-electron chi connectivity index (χ1n) is 11.7. The molecule has 7 nitrogen and oxygen atoms in total. The lowest BCUT2D eigenvalue weighted by molar-refractivity contribution is -0.118. The second kappa shape index (κ2) is 10.2. The third kappa shape index (κ3) is 5.00. The van der Waals surface area contributed by atoms with Crippen LogP contribution < -0.4 is 10.2 Å². The van der Waals surface area contributed by atoms with Gasteiger partial charge in [-0.25, -0.2) is 4.98 Å². The van der Waals surface area contributed by atoms with E-state index in [9.17, 15) is 9.59 Å². The van der Waals surface area contributed by atoms with Crippen molar-refractivity contribution < 1.29 is 9.59 Å². The SMILES string of the molecule is CC(C)N1CCN(CCCCCC(=O)N2c3ccccc3C(=O)Nc3cccnc32)CC1. The number of hydrogen-bond donors (Lipinski definition) is 1. The van der Waals surface area contributed by atoms with Crippen LogP contribution in [0, 0.1) is 0 Å². The molecule has 0 radical (unpaired) electrons. The summed E-state index contributed by atoms with van der Waals surface area (Å²) in [5.74, 6) is 0.237. The minimum atomic E-state index is -0.220. The van der Waals surface area contributed by atoms with Crippen LogP contribution in [0.15, 0.2) is 42.6 Å². The number of rotatable bonds is 7. The highest BCUT2D eigenvalue weighted by atomic mass is 16.2. The molecule has 170 valence electrons. The molecule has 0 spiro atoms. The molecule has 0 atom stereocenters. The van der Waals surface area contributed by atoms with Gasteiger partial charge in [-0.1, -0.05) is 18.6 Å². The Labute approximate surface area is 190 Å². The highest BCUT2D eigenvalue weighted by Gasteiger charge is 2.29. The number of pyridine rings is 1. The number of nitrogens with zero attached hydrogens (tertiary/aromatic N) is 4. The van der Waals surface area contributed by atoms with Crippen molar-refractivity contribution in [2.75, 3.05) is 42.9 Å². The fourth-order valence-corrected chi connectivity index (χ4v) is 4.49. The number of anilines is 3. The van der Waals surface area contributed by atoms with Crippen LogP contribution in [-0.4, -0.2) is 65.4 Å². The predicted octanol–water partition coefficient (Wildman–Crippen LogP) is 3.90. The van der Waals surface area contributed by atoms with Crippen LogP contribution in [0.2, 0.25) is 0 Å². The van der Waals surface area contributed by atoms with Gasteiger partial charge in [-0.2, -0.15) is 0 Å². The van der Waals surface area contributed by atoms with Crippen molar-refractivity contribution in [1.29, 1.82) is 0 Å². The van der Waals surface area contributed by atoms with Crippen molar-refractivity contribution in [2.24, 2.45) is 0 Å². The van der Waals surface area contributed by atoms with Crippen molar-refractivity contribution in [1.82, 2.24) is 14.8 Å². The smallest absolute Gasteiger partial charge is 0.257 e.